The molecule has 1 aliphatic heterocycles. The topological polar surface area (TPSA) is 105 Å². The molecule has 0 unspecified atom stereocenters. The summed E-state index contributed by atoms with van der Waals surface area (Å²) in [5, 5.41) is 3.04. The Morgan fingerprint density at radius 3 is 2.64 bits per heavy atom. The number of carbonyl (C=O) groups excluding carboxylic acids is 2. The number of fused-ring (bicyclic) bond motifs is 1. The van der Waals surface area contributed by atoms with Crippen LogP contribution in [0.25, 0.3) is 11.0 Å². The van der Waals surface area contributed by atoms with Crippen molar-refractivity contribution in [2.24, 2.45) is 0 Å². The number of nitrogens with zero attached hydrogens (tertiary/aromatic N) is 4. The molecule has 2 amide bonds. The van der Waals surface area contributed by atoms with Crippen LogP contribution in [-0.4, -0.2) is 72.2 Å². The van der Waals surface area contributed by atoms with E-state index in [1.165, 1.54) is 18.4 Å². The number of rotatable bonds is 9. The number of aryl methyl sites for hydroxylation is 2. The van der Waals surface area contributed by atoms with Crippen LogP contribution in [0.5, 0.6) is 0 Å². The molecule has 1 aliphatic rings. The maximum Gasteiger partial charge on any atom is 0.242 e. The summed E-state index contributed by atoms with van der Waals surface area (Å²) in [7, 11) is -0.540. The first-order valence-electron chi connectivity index (χ1n) is 11.7. The third-order valence-electron chi connectivity index (χ3n) is 6.07. The molecule has 1 aromatic carbocycles. The van der Waals surface area contributed by atoms with Crippen molar-refractivity contribution in [1.82, 2.24) is 24.1 Å². The lowest BCUT2D eigenvalue weighted by Crippen LogP contribution is -2.49. The minimum absolute atomic E-state index is 0.0130. The van der Waals surface area contributed by atoms with Crippen LogP contribution in [0.2, 0.25) is 0 Å². The Morgan fingerprint density at radius 2 is 1.97 bits per heavy atom. The van der Waals surface area contributed by atoms with Gasteiger partial charge in [-0.1, -0.05) is 6.92 Å². The minimum Gasteiger partial charge on any atom is -0.352 e. The van der Waals surface area contributed by atoms with Crippen molar-refractivity contribution in [3.05, 3.63) is 24.0 Å². The van der Waals surface area contributed by atoms with Crippen LogP contribution in [0, 0.1) is 0 Å². The Bertz CT molecular complexity index is 1110. The van der Waals surface area contributed by atoms with Gasteiger partial charge >= 0.3 is 0 Å². The average molecular weight is 478 g/mol. The Labute approximate surface area is 196 Å². The van der Waals surface area contributed by atoms with Gasteiger partial charge in [-0.05, 0) is 44.4 Å². The first-order valence-corrected chi connectivity index (χ1v) is 13.1. The summed E-state index contributed by atoms with van der Waals surface area (Å²) in [6.07, 6.45) is 3.88. The molecule has 10 heteroatoms. The number of nitrogens with one attached hydrogen (secondary N) is 1. The van der Waals surface area contributed by atoms with E-state index >= 15 is 0 Å². The normalized spacial score (nSPS) is 17.0. The molecule has 1 aromatic heterocycles. The van der Waals surface area contributed by atoms with Crippen LogP contribution < -0.4 is 5.32 Å². The SMILES string of the molecule is CCCC(=O)N[C@H]1CCCN(C(=O)CCc2nc3cc(S(=O)(=O)N(C)C)ccc3n2CC)C1. The van der Waals surface area contributed by atoms with Gasteiger partial charge in [-0.15, -0.1) is 0 Å². The van der Waals surface area contributed by atoms with E-state index in [2.05, 4.69) is 10.3 Å². The van der Waals surface area contributed by atoms with Crippen LogP contribution in [-0.2, 0) is 32.6 Å². The highest BCUT2D eigenvalue weighted by Gasteiger charge is 2.25. The molecule has 0 bridgehead atoms. The molecule has 1 N–H and O–H groups in total. The number of benzene rings is 1. The second-order valence-electron chi connectivity index (χ2n) is 8.71. The van der Waals surface area contributed by atoms with Gasteiger partial charge in [0.25, 0.3) is 0 Å². The van der Waals surface area contributed by atoms with E-state index in [0.29, 0.717) is 44.4 Å². The average Bonchev–Trinajstić information content (AvgIpc) is 3.14. The van der Waals surface area contributed by atoms with Crippen LogP contribution in [0.3, 0.4) is 0 Å². The van der Waals surface area contributed by atoms with Gasteiger partial charge in [-0.2, -0.15) is 0 Å². The van der Waals surface area contributed by atoms with E-state index in [1.54, 1.807) is 18.2 Å². The molecule has 182 valence electrons. The van der Waals surface area contributed by atoms with Gasteiger partial charge < -0.3 is 14.8 Å². The van der Waals surface area contributed by atoms with Crippen LogP contribution in [0.4, 0.5) is 0 Å². The Kier molecular flexibility index (Phi) is 8.12. The molecule has 33 heavy (non-hydrogen) atoms. The number of hydrogen-bond acceptors (Lipinski definition) is 5. The van der Waals surface area contributed by atoms with Gasteiger partial charge in [0, 0.05) is 59.0 Å². The molecule has 1 saturated heterocycles. The number of carbonyl (C=O) groups is 2. The largest absolute Gasteiger partial charge is 0.352 e. The van der Waals surface area contributed by atoms with E-state index in [4.69, 9.17) is 0 Å². The number of likely N-dealkylation sites (tertiary alicyclic amines) is 1. The number of piperidine rings is 1. The third kappa shape index (κ3) is 5.73. The molecule has 0 aliphatic carbocycles. The second kappa shape index (κ2) is 10.6. The quantitative estimate of drug-likeness (QED) is 0.596. The zero-order chi connectivity index (χ0) is 24.2. The minimum atomic E-state index is -3.54. The summed E-state index contributed by atoms with van der Waals surface area (Å²) in [4.78, 5) is 31.5. The first-order chi connectivity index (χ1) is 15.7. The number of hydrogen-bond donors (Lipinski definition) is 1. The van der Waals surface area contributed by atoms with Crippen LogP contribution in [0.15, 0.2) is 23.1 Å². The van der Waals surface area contributed by atoms with Gasteiger partial charge in [0.15, 0.2) is 0 Å². The van der Waals surface area contributed by atoms with E-state index in [9.17, 15) is 18.0 Å². The highest BCUT2D eigenvalue weighted by Crippen LogP contribution is 2.23. The Balaban J connectivity index is 1.70. The number of amides is 2. The van der Waals surface area contributed by atoms with Crippen molar-refractivity contribution in [3.63, 3.8) is 0 Å². The van der Waals surface area contributed by atoms with Crippen molar-refractivity contribution < 1.29 is 18.0 Å². The van der Waals surface area contributed by atoms with Gasteiger partial charge in [-0.3, -0.25) is 9.59 Å². The lowest BCUT2D eigenvalue weighted by Gasteiger charge is -2.33. The fourth-order valence-corrected chi connectivity index (χ4v) is 5.22. The molecule has 1 fully saturated rings. The molecule has 2 heterocycles. The summed E-state index contributed by atoms with van der Waals surface area (Å²) in [5.74, 6) is 0.865. The fraction of sp³-hybridized carbons (Fsp3) is 0.609. The van der Waals surface area contributed by atoms with Gasteiger partial charge in [-0.25, -0.2) is 17.7 Å². The molecule has 1 atom stereocenters. The van der Waals surface area contributed by atoms with E-state index in [-0.39, 0.29) is 22.8 Å². The van der Waals surface area contributed by atoms with Crippen molar-refractivity contribution in [2.75, 3.05) is 27.2 Å². The second-order valence-corrected chi connectivity index (χ2v) is 10.9. The fourth-order valence-electron chi connectivity index (χ4n) is 4.30. The Morgan fingerprint density at radius 1 is 1.21 bits per heavy atom. The monoisotopic (exact) mass is 477 g/mol. The zero-order valence-electron chi connectivity index (χ0n) is 20.0. The standard InChI is InChI=1S/C23H35N5O4S/c1-5-8-22(29)24-17-9-7-14-27(16-17)23(30)13-12-21-25-19-15-18(33(31,32)26(3)4)10-11-20(19)28(21)6-2/h10-11,15,17H,5-9,12-14,16H2,1-4H3,(H,24,29)/t17-/m0/s1. The van der Waals surface area contributed by atoms with Gasteiger partial charge in [0.2, 0.25) is 21.8 Å². The summed E-state index contributed by atoms with van der Waals surface area (Å²) in [6.45, 7) is 5.90. The maximum absolute atomic E-state index is 12.9. The van der Waals surface area contributed by atoms with E-state index in [1.807, 2.05) is 23.3 Å². The highest BCUT2D eigenvalue weighted by atomic mass is 32.2. The Hall–Kier alpha value is -2.46. The van der Waals surface area contributed by atoms with E-state index in [0.717, 1.165) is 30.6 Å². The summed E-state index contributed by atoms with van der Waals surface area (Å²) < 4.78 is 28.2. The smallest absolute Gasteiger partial charge is 0.242 e. The van der Waals surface area contributed by atoms with Crippen molar-refractivity contribution in [1.29, 1.82) is 0 Å². The van der Waals surface area contributed by atoms with Gasteiger partial charge in [0.05, 0.1) is 15.9 Å². The molecule has 0 spiro atoms. The van der Waals surface area contributed by atoms with Gasteiger partial charge in [0.1, 0.15) is 5.82 Å². The van der Waals surface area contributed by atoms with Crippen molar-refractivity contribution in [2.45, 2.75) is 69.9 Å². The molecule has 9 nitrogen and oxygen atoms in total. The predicted molar refractivity (Wildman–Crippen MR) is 127 cm³/mol. The third-order valence-corrected chi connectivity index (χ3v) is 7.88. The number of imidazole rings is 1. The first kappa shape index (κ1) is 25.2. The van der Waals surface area contributed by atoms with E-state index < -0.39 is 10.0 Å². The van der Waals surface area contributed by atoms with Crippen LogP contribution in [0.1, 0.15) is 51.8 Å². The molecule has 0 radical (unpaired) electrons. The highest BCUT2D eigenvalue weighted by molar-refractivity contribution is 7.89. The lowest BCUT2D eigenvalue weighted by molar-refractivity contribution is -0.133. The summed E-state index contributed by atoms with van der Waals surface area (Å²) in [6, 6.07) is 4.98. The molecule has 0 saturated carbocycles. The zero-order valence-corrected chi connectivity index (χ0v) is 20.8. The lowest BCUT2D eigenvalue weighted by atomic mass is 10.0. The summed E-state index contributed by atoms with van der Waals surface area (Å²) >= 11 is 0. The molecule has 2 aromatic rings. The van der Waals surface area contributed by atoms with Crippen LogP contribution >= 0.6 is 0 Å². The number of sulfonamides is 1. The van der Waals surface area contributed by atoms with Crippen molar-refractivity contribution >= 4 is 32.9 Å². The molecular weight excluding hydrogens is 442 g/mol. The number of aromatic nitrogens is 2. The molecule has 3 rings (SSSR count). The molecular formula is C23H35N5O4S. The maximum atomic E-state index is 12.9. The van der Waals surface area contributed by atoms with Crippen molar-refractivity contribution in [3.8, 4) is 0 Å². The summed E-state index contributed by atoms with van der Waals surface area (Å²) in [5.41, 5.74) is 1.47. The predicted octanol–water partition coefficient (Wildman–Crippen LogP) is 2.15.